The average molecular weight is 323 g/mol. The Hall–Kier alpha value is -0.810. The molecule has 0 radical (unpaired) electrons. The number of nitrogens with zero attached hydrogens (tertiary/aromatic N) is 2. The summed E-state index contributed by atoms with van der Waals surface area (Å²) >= 11 is 0. The van der Waals surface area contributed by atoms with Crippen LogP contribution in [0.5, 0.6) is 0 Å². The Morgan fingerprint density at radius 2 is 1.87 bits per heavy atom. The predicted octanol–water partition coefficient (Wildman–Crippen LogP) is 2.46. The maximum absolute atomic E-state index is 12.2. The maximum atomic E-state index is 12.2. The zero-order chi connectivity index (χ0) is 16.7. The van der Waals surface area contributed by atoms with E-state index in [1.54, 1.807) is 0 Å². The Bertz CT molecular complexity index is 428. The summed E-state index contributed by atoms with van der Waals surface area (Å²) in [5.41, 5.74) is 0.0422. The molecule has 2 aliphatic heterocycles. The zero-order valence-electron chi connectivity index (χ0n) is 15.2. The van der Waals surface area contributed by atoms with Gasteiger partial charge >= 0.3 is 6.09 Å². The van der Waals surface area contributed by atoms with E-state index in [1.165, 1.54) is 32.4 Å². The molecule has 5 heteroatoms. The highest BCUT2D eigenvalue weighted by molar-refractivity contribution is 5.68. The number of likely N-dealkylation sites (tertiary alicyclic amines) is 1. The van der Waals surface area contributed by atoms with Gasteiger partial charge in [0.2, 0.25) is 0 Å². The Labute approximate surface area is 140 Å². The highest BCUT2D eigenvalue weighted by Crippen LogP contribution is 2.50. The number of nitrogens with one attached hydrogen (secondary N) is 1. The lowest BCUT2D eigenvalue weighted by Gasteiger charge is -2.43. The van der Waals surface area contributed by atoms with Gasteiger partial charge in [-0.2, -0.15) is 0 Å². The molecule has 3 aliphatic rings. The maximum Gasteiger partial charge on any atom is 0.410 e. The van der Waals surface area contributed by atoms with E-state index in [-0.39, 0.29) is 6.09 Å². The summed E-state index contributed by atoms with van der Waals surface area (Å²) in [6, 6.07) is 0.608. The van der Waals surface area contributed by atoms with Crippen LogP contribution in [-0.4, -0.2) is 66.3 Å². The van der Waals surface area contributed by atoms with Gasteiger partial charge < -0.3 is 15.0 Å². The largest absolute Gasteiger partial charge is 0.444 e. The van der Waals surface area contributed by atoms with E-state index in [9.17, 15) is 4.79 Å². The van der Waals surface area contributed by atoms with Crippen molar-refractivity contribution in [2.24, 2.45) is 5.92 Å². The Morgan fingerprint density at radius 3 is 2.35 bits per heavy atom. The summed E-state index contributed by atoms with van der Waals surface area (Å²) < 4.78 is 5.50. The topological polar surface area (TPSA) is 44.8 Å². The summed E-state index contributed by atoms with van der Waals surface area (Å²) in [5.74, 6) is 0.816. The number of carbonyl (C=O) groups is 1. The molecular weight excluding hydrogens is 290 g/mol. The molecule has 0 bridgehead atoms. The molecule has 5 nitrogen and oxygen atoms in total. The normalized spacial score (nSPS) is 28.2. The second kappa shape index (κ2) is 6.25. The number of carbonyl (C=O) groups excluding carboxylic acids is 1. The van der Waals surface area contributed by atoms with Crippen molar-refractivity contribution in [2.75, 3.05) is 33.2 Å². The Balaban J connectivity index is 1.52. The summed E-state index contributed by atoms with van der Waals surface area (Å²) in [4.78, 5) is 16.7. The van der Waals surface area contributed by atoms with Crippen molar-refractivity contribution in [1.82, 2.24) is 15.1 Å². The molecular formula is C18H33N3O2. The first-order chi connectivity index (χ1) is 10.8. The smallest absolute Gasteiger partial charge is 0.410 e. The molecule has 1 aliphatic carbocycles. The van der Waals surface area contributed by atoms with Crippen LogP contribution >= 0.6 is 0 Å². The molecule has 0 aromatic heterocycles. The third-order valence-electron chi connectivity index (χ3n) is 5.95. The minimum atomic E-state index is -0.404. The number of amides is 1. The van der Waals surface area contributed by atoms with Gasteiger partial charge in [-0.3, -0.25) is 4.90 Å². The predicted molar refractivity (Wildman–Crippen MR) is 91.5 cm³/mol. The zero-order valence-corrected chi connectivity index (χ0v) is 15.2. The van der Waals surface area contributed by atoms with Crippen molar-refractivity contribution in [3.63, 3.8) is 0 Å². The first-order valence-corrected chi connectivity index (χ1v) is 9.23. The van der Waals surface area contributed by atoms with Crippen molar-refractivity contribution in [2.45, 2.75) is 70.1 Å². The molecule has 0 aromatic carbocycles. The van der Waals surface area contributed by atoms with E-state index in [4.69, 9.17) is 4.74 Å². The van der Waals surface area contributed by atoms with Crippen LogP contribution in [0.1, 0.15) is 52.9 Å². The van der Waals surface area contributed by atoms with E-state index in [1.807, 2.05) is 25.7 Å². The van der Waals surface area contributed by atoms with E-state index >= 15 is 0 Å². The van der Waals surface area contributed by atoms with Crippen LogP contribution in [0, 0.1) is 5.92 Å². The minimum Gasteiger partial charge on any atom is -0.444 e. The molecule has 1 N–H and O–H groups in total. The third-order valence-corrected chi connectivity index (χ3v) is 5.95. The quantitative estimate of drug-likeness (QED) is 0.866. The van der Waals surface area contributed by atoms with Crippen molar-refractivity contribution in [3.05, 3.63) is 0 Å². The van der Waals surface area contributed by atoms with E-state index in [2.05, 4.69) is 17.3 Å². The first kappa shape index (κ1) is 17.0. The van der Waals surface area contributed by atoms with Crippen LogP contribution in [0.3, 0.4) is 0 Å². The molecule has 132 valence electrons. The molecule has 2 heterocycles. The highest BCUT2D eigenvalue weighted by atomic mass is 16.6. The minimum absolute atomic E-state index is 0.153. The molecule has 23 heavy (non-hydrogen) atoms. The van der Waals surface area contributed by atoms with Gasteiger partial charge in [0.05, 0.1) is 0 Å². The second-order valence-corrected chi connectivity index (χ2v) is 8.60. The average Bonchev–Trinajstić information content (AvgIpc) is 3.11. The van der Waals surface area contributed by atoms with Gasteiger partial charge in [0.1, 0.15) is 5.60 Å². The van der Waals surface area contributed by atoms with Gasteiger partial charge in [-0.15, -0.1) is 0 Å². The van der Waals surface area contributed by atoms with Crippen molar-refractivity contribution < 1.29 is 9.53 Å². The summed E-state index contributed by atoms with van der Waals surface area (Å²) in [6.07, 6.45) is 6.00. The second-order valence-electron chi connectivity index (χ2n) is 8.60. The van der Waals surface area contributed by atoms with Gasteiger partial charge in [-0.05, 0) is 78.9 Å². The van der Waals surface area contributed by atoms with Crippen molar-refractivity contribution in [3.8, 4) is 0 Å². The Kier molecular flexibility index (Phi) is 4.62. The van der Waals surface area contributed by atoms with E-state index < -0.39 is 5.60 Å². The molecule has 1 atom stereocenters. The SMILES string of the molecule is CN(C1CCN(C(=O)OC(C)(C)C)CC1)C1([C@@H]2CCNC2)CC1. The lowest BCUT2D eigenvalue weighted by Crippen LogP contribution is -2.52. The molecule has 1 saturated carbocycles. The molecule has 3 rings (SSSR count). The van der Waals surface area contributed by atoms with Crippen molar-refractivity contribution >= 4 is 6.09 Å². The molecule has 0 spiro atoms. The number of hydrogen-bond acceptors (Lipinski definition) is 4. The van der Waals surface area contributed by atoms with Crippen LogP contribution in [0.15, 0.2) is 0 Å². The van der Waals surface area contributed by atoms with Crippen LogP contribution in [-0.2, 0) is 4.74 Å². The highest BCUT2D eigenvalue weighted by Gasteiger charge is 2.54. The van der Waals surface area contributed by atoms with Crippen molar-refractivity contribution in [1.29, 1.82) is 0 Å². The summed E-state index contributed by atoms with van der Waals surface area (Å²) in [6.45, 7) is 9.79. The lowest BCUT2D eigenvalue weighted by molar-refractivity contribution is 0.00933. The number of ether oxygens (including phenoxy) is 1. The van der Waals surface area contributed by atoms with Gasteiger partial charge in [0.25, 0.3) is 0 Å². The van der Waals surface area contributed by atoms with Crippen LogP contribution in [0.25, 0.3) is 0 Å². The fraction of sp³-hybridized carbons (Fsp3) is 0.944. The van der Waals surface area contributed by atoms with Crippen LogP contribution in [0.2, 0.25) is 0 Å². The number of piperidine rings is 1. The monoisotopic (exact) mass is 323 g/mol. The standard InChI is InChI=1S/C18H33N3O2/c1-17(2,3)23-16(22)21-11-6-15(7-12-21)20(4)18(8-9-18)14-5-10-19-13-14/h14-15,19H,5-13H2,1-4H3/t14-/m1/s1. The van der Waals surface area contributed by atoms with Gasteiger partial charge in [0.15, 0.2) is 0 Å². The third kappa shape index (κ3) is 3.66. The molecule has 3 fully saturated rings. The molecule has 1 amide bonds. The van der Waals surface area contributed by atoms with Crippen LogP contribution in [0.4, 0.5) is 4.79 Å². The van der Waals surface area contributed by atoms with E-state index in [0.717, 1.165) is 31.8 Å². The molecule has 2 saturated heterocycles. The van der Waals surface area contributed by atoms with E-state index in [0.29, 0.717) is 11.6 Å². The molecule has 0 unspecified atom stereocenters. The molecule has 0 aromatic rings. The summed E-state index contributed by atoms with van der Waals surface area (Å²) in [7, 11) is 2.32. The van der Waals surface area contributed by atoms with Gasteiger partial charge in [-0.1, -0.05) is 0 Å². The van der Waals surface area contributed by atoms with Crippen LogP contribution < -0.4 is 5.32 Å². The number of rotatable bonds is 3. The fourth-order valence-corrected chi connectivity index (χ4v) is 4.42. The summed E-state index contributed by atoms with van der Waals surface area (Å²) in [5, 5.41) is 3.52. The Morgan fingerprint density at radius 1 is 1.22 bits per heavy atom. The first-order valence-electron chi connectivity index (χ1n) is 9.23. The van der Waals surface area contributed by atoms with Gasteiger partial charge in [-0.25, -0.2) is 4.79 Å². The lowest BCUT2D eigenvalue weighted by atomic mass is 9.91. The fourth-order valence-electron chi connectivity index (χ4n) is 4.42. The number of hydrogen-bond donors (Lipinski definition) is 1. The van der Waals surface area contributed by atoms with Gasteiger partial charge in [0, 0.05) is 24.7 Å².